The number of hydrogen-bond acceptors (Lipinski definition) is 5. The van der Waals surface area contributed by atoms with E-state index in [1.807, 2.05) is 13.0 Å². The molecule has 0 spiro atoms. The molecule has 1 aromatic rings. The third-order valence-electron chi connectivity index (χ3n) is 4.85. The van der Waals surface area contributed by atoms with E-state index in [-0.39, 0.29) is 12.2 Å². The first kappa shape index (κ1) is 24.1. The van der Waals surface area contributed by atoms with Crippen LogP contribution in [-0.2, 0) is 6.42 Å². The maximum atomic E-state index is 10.9. The Bertz CT molecular complexity index is 607. The highest BCUT2D eigenvalue weighted by Crippen LogP contribution is 2.29. The van der Waals surface area contributed by atoms with Crippen molar-refractivity contribution in [2.45, 2.75) is 82.5 Å². The molecule has 0 radical (unpaired) electrons. The molecule has 0 saturated heterocycles. The van der Waals surface area contributed by atoms with Crippen molar-refractivity contribution in [2.75, 3.05) is 0 Å². The van der Waals surface area contributed by atoms with E-state index in [1.165, 1.54) is 6.07 Å². The van der Waals surface area contributed by atoms with Gasteiger partial charge in [0.25, 0.3) is 0 Å². The predicted molar refractivity (Wildman–Crippen MR) is 105 cm³/mol. The van der Waals surface area contributed by atoms with Crippen LogP contribution in [0.4, 0.5) is 5.82 Å². The number of aliphatic hydroxyl groups excluding tert-OH is 2. The zero-order valence-corrected chi connectivity index (χ0v) is 17.3. The standard InChI is InChI=1S/C19H33ClN2O5/c1-13(7-8-15(23)18(2,3)25)6-5-9-19(4,20)16(24)10-14-11-17(21-12-14)22(26)27/h6,11-12,15-16,21-26H,5,7-10H2,1-4H3/b13-6+/t15-,16-,19-/m1/s1. The van der Waals surface area contributed by atoms with Gasteiger partial charge in [-0.25, -0.2) is 5.21 Å². The molecule has 0 fully saturated rings. The van der Waals surface area contributed by atoms with Gasteiger partial charge in [-0.2, -0.15) is 5.23 Å². The van der Waals surface area contributed by atoms with Gasteiger partial charge in [-0.1, -0.05) is 11.6 Å². The maximum absolute atomic E-state index is 10.9. The zero-order chi connectivity index (χ0) is 20.8. The molecule has 7 nitrogen and oxygen atoms in total. The minimum atomic E-state index is -1.11. The normalized spacial score (nSPS) is 18.8. The van der Waals surface area contributed by atoms with E-state index in [9.17, 15) is 20.5 Å². The summed E-state index contributed by atoms with van der Waals surface area (Å²) in [5.74, 6) is 0.0836. The van der Waals surface area contributed by atoms with Crippen molar-refractivity contribution < 1.29 is 25.8 Å². The summed E-state index contributed by atoms with van der Waals surface area (Å²) in [6, 6.07) is 1.50. The van der Waals surface area contributed by atoms with E-state index < -0.39 is 27.9 Å². The number of hydrogen-bond donors (Lipinski definition) is 6. The fourth-order valence-corrected chi connectivity index (χ4v) is 2.89. The summed E-state index contributed by atoms with van der Waals surface area (Å²) in [5, 5.41) is 48.8. The summed E-state index contributed by atoms with van der Waals surface area (Å²) in [4.78, 5) is 1.81. The van der Waals surface area contributed by atoms with E-state index in [0.717, 1.165) is 5.57 Å². The lowest BCUT2D eigenvalue weighted by Gasteiger charge is -2.27. The van der Waals surface area contributed by atoms with E-state index in [1.54, 1.807) is 27.0 Å². The summed E-state index contributed by atoms with van der Waals surface area (Å²) in [5.41, 5.74) is 0.675. The number of aromatic nitrogens is 1. The molecule has 8 heteroatoms. The Morgan fingerprint density at radius 3 is 2.48 bits per heavy atom. The topological polar surface area (TPSA) is 124 Å². The molecule has 1 rings (SSSR count). The van der Waals surface area contributed by atoms with Gasteiger partial charge in [0.2, 0.25) is 5.82 Å². The first-order chi connectivity index (χ1) is 12.3. The van der Waals surface area contributed by atoms with Crippen LogP contribution in [0.5, 0.6) is 0 Å². The molecule has 1 aromatic heterocycles. The van der Waals surface area contributed by atoms with Crippen LogP contribution >= 0.6 is 11.6 Å². The molecule has 0 amide bonds. The Balaban J connectivity index is 2.48. The lowest BCUT2D eigenvalue weighted by Crippen LogP contribution is -2.99. The first-order valence-corrected chi connectivity index (χ1v) is 9.54. The predicted octanol–water partition coefficient (Wildman–Crippen LogP) is 1.96. The van der Waals surface area contributed by atoms with Crippen LogP contribution in [0.3, 0.4) is 0 Å². The van der Waals surface area contributed by atoms with Gasteiger partial charge in [-0.05, 0) is 58.9 Å². The van der Waals surface area contributed by atoms with Crippen molar-refractivity contribution in [3.05, 3.63) is 34.7 Å². The molecular formula is C19H33ClN2O5. The largest absolute Gasteiger partial charge is 0.594 e. The van der Waals surface area contributed by atoms with Gasteiger partial charge in [0.1, 0.15) is 0 Å². The SMILES string of the molecule is C/C(=C\CC[C@@](C)(Cl)[C@H](O)Cc1c[nH]c([NH+]([O-])O)c1)CC[C@@H](O)C(C)(C)O. The average molecular weight is 405 g/mol. The molecular weight excluding hydrogens is 372 g/mol. The maximum Gasteiger partial charge on any atom is 0.237 e. The van der Waals surface area contributed by atoms with Crippen LogP contribution < -0.4 is 5.23 Å². The molecule has 6 N–H and O–H groups in total. The van der Waals surface area contributed by atoms with Crippen molar-refractivity contribution in [3.63, 3.8) is 0 Å². The van der Waals surface area contributed by atoms with E-state index in [0.29, 0.717) is 31.2 Å². The number of H-pyrrole nitrogens is 1. The molecule has 0 aliphatic rings. The highest BCUT2D eigenvalue weighted by atomic mass is 35.5. The Morgan fingerprint density at radius 2 is 1.96 bits per heavy atom. The Morgan fingerprint density at radius 1 is 1.33 bits per heavy atom. The van der Waals surface area contributed by atoms with Crippen molar-refractivity contribution >= 4 is 17.4 Å². The molecule has 0 saturated carbocycles. The summed E-state index contributed by atoms with van der Waals surface area (Å²) < 4.78 is 0. The van der Waals surface area contributed by atoms with Crippen LogP contribution in [0.1, 0.15) is 58.9 Å². The number of rotatable bonds is 11. The van der Waals surface area contributed by atoms with Crippen molar-refractivity contribution in [3.8, 4) is 0 Å². The van der Waals surface area contributed by atoms with Crippen molar-refractivity contribution in [2.24, 2.45) is 0 Å². The van der Waals surface area contributed by atoms with Crippen LogP contribution in [0.25, 0.3) is 0 Å². The van der Waals surface area contributed by atoms with Gasteiger partial charge in [-0.3, -0.25) is 0 Å². The molecule has 0 aliphatic heterocycles. The van der Waals surface area contributed by atoms with Gasteiger partial charge in [-0.15, -0.1) is 11.6 Å². The Hall–Kier alpha value is -0.930. The van der Waals surface area contributed by atoms with Gasteiger partial charge in [0, 0.05) is 18.7 Å². The van der Waals surface area contributed by atoms with Crippen LogP contribution in [0, 0.1) is 5.21 Å². The highest BCUT2D eigenvalue weighted by molar-refractivity contribution is 6.24. The number of nitrogens with one attached hydrogen (secondary N) is 2. The second-order valence-electron chi connectivity index (χ2n) is 8.02. The van der Waals surface area contributed by atoms with Gasteiger partial charge < -0.3 is 25.5 Å². The molecule has 1 heterocycles. The fraction of sp³-hybridized carbons (Fsp3) is 0.684. The van der Waals surface area contributed by atoms with Crippen LogP contribution in [0.15, 0.2) is 23.9 Å². The molecule has 1 unspecified atom stereocenters. The zero-order valence-electron chi connectivity index (χ0n) is 16.5. The summed E-state index contributed by atoms with van der Waals surface area (Å²) in [7, 11) is 0. The Kier molecular flexibility index (Phi) is 8.95. The van der Waals surface area contributed by atoms with Crippen molar-refractivity contribution in [1.29, 1.82) is 0 Å². The number of allylic oxidation sites excluding steroid dienone is 2. The van der Waals surface area contributed by atoms with Gasteiger partial charge in [0.15, 0.2) is 0 Å². The summed E-state index contributed by atoms with van der Waals surface area (Å²) in [6.45, 7) is 6.90. The van der Waals surface area contributed by atoms with Crippen LogP contribution in [0.2, 0.25) is 0 Å². The van der Waals surface area contributed by atoms with Crippen LogP contribution in [-0.4, -0.2) is 48.2 Å². The van der Waals surface area contributed by atoms with E-state index in [2.05, 4.69) is 4.98 Å². The number of quaternary nitrogens is 1. The number of aromatic amines is 1. The number of aliphatic hydroxyl groups is 3. The second-order valence-corrected chi connectivity index (χ2v) is 8.89. The molecule has 0 aliphatic carbocycles. The Labute approximate surface area is 165 Å². The molecule has 4 atom stereocenters. The average Bonchev–Trinajstić information content (AvgIpc) is 3.00. The number of alkyl halides is 1. The minimum Gasteiger partial charge on any atom is -0.594 e. The molecule has 27 heavy (non-hydrogen) atoms. The van der Waals surface area contributed by atoms with E-state index in [4.69, 9.17) is 16.8 Å². The highest BCUT2D eigenvalue weighted by Gasteiger charge is 2.30. The first-order valence-electron chi connectivity index (χ1n) is 9.16. The lowest BCUT2D eigenvalue weighted by molar-refractivity contribution is -0.993. The lowest BCUT2D eigenvalue weighted by atomic mass is 9.92. The monoisotopic (exact) mass is 404 g/mol. The quantitative estimate of drug-likeness (QED) is 0.191. The molecule has 156 valence electrons. The second kappa shape index (κ2) is 10.0. The van der Waals surface area contributed by atoms with Crippen molar-refractivity contribution in [1.82, 2.24) is 4.98 Å². The van der Waals surface area contributed by atoms with E-state index >= 15 is 0 Å². The summed E-state index contributed by atoms with van der Waals surface area (Å²) in [6.07, 6.45) is 4.65. The van der Waals surface area contributed by atoms with Gasteiger partial charge in [0.05, 0.1) is 22.7 Å². The summed E-state index contributed by atoms with van der Waals surface area (Å²) >= 11 is 6.50. The molecule has 0 aromatic carbocycles. The number of halogens is 1. The third-order valence-corrected chi connectivity index (χ3v) is 5.29. The minimum absolute atomic E-state index is 0.0836. The third kappa shape index (κ3) is 8.31. The van der Waals surface area contributed by atoms with Gasteiger partial charge >= 0.3 is 0 Å². The fourth-order valence-electron chi connectivity index (χ4n) is 2.70. The smallest absolute Gasteiger partial charge is 0.237 e. The molecule has 0 bridgehead atoms.